The summed E-state index contributed by atoms with van der Waals surface area (Å²) in [5.74, 6) is -0.0731. The van der Waals surface area contributed by atoms with E-state index < -0.39 is 10.0 Å². The van der Waals surface area contributed by atoms with Gasteiger partial charge in [-0.3, -0.25) is 9.48 Å². The SMILES string of the molecule is Cn1cc(S(=O)(=O)N2CCC(NC(=O)[C@@H]3CCCO3)CC2)cn1. The number of carbonyl (C=O) groups is 1. The van der Waals surface area contributed by atoms with E-state index in [2.05, 4.69) is 10.4 Å². The second-order valence-corrected chi connectivity index (χ2v) is 7.98. The normalized spacial score (nSPS) is 24.0. The third-order valence-electron chi connectivity index (χ3n) is 4.34. The molecular formula is C14H22N4O4S. The quantitative estimate of drug-likeness (QED) is 0.823. The van der Waals surface area contributed by atoms with Crippen LogP contribution in [0.15, 0.2) is 17.3 Å². The zero-order chi connectivity index (χ0) is 16.4. The second-order valence-electron chi connectivity index (χ2n) is 6.04. The van der Waals surface area contributed by atoms with Crippen molar-refractivity contribution in [3.63, 3.8) is 0 Å². The largest absolute Gasteiger partial charge is 0.368 e. The molecule has 128 valence electrons. The molecule has 1 aromatic heterocycles. The van der Waals surface area contributed by atoms with E-state index >= 15 is 0 Å². The molecular weight excluding hydrogens is 320 g/mol. The van der Waals surface area contributed by atoms with Gasteiger partial charge in [0, 0.05) is 39.0 Å². The van der Waals surface area contributed by atoms with E-state index in [0.29, 0.717) is 32.5 Å². The molecule has 0 unspecified atom stereocenters. The standard InChI is InChI=1S/C14H22N4O4S/c1-17-10-12(9-15-17)23(20,21)18-6-4-11(5-7-18)16-14(19)13-3-2-8-22-13/h9-11,13H,2-8H2,1H3,(H,16,19)/t13-/m0/s1. The van der Waals surface area contributed by atoms with Crippen LogP contribution in [0.25, 0.3) is 0 Å². The molecule has 0 aliphatic carbocycles. The molecule has 0 bridgehead atoms. The van der Waals surface area contributed by atoms with Crippen LogP contribution in [0.1, 0.15) is 25.7 Å². The third-order valence-corrected chi connectivity index (χ3v) is 6.19. The Morgan fingerprint density at radius 3 is 2.65 bits per heavy atom. The van der Waals surface area contributed by atoms with Crippen LogP contribution in [0.3, 0.4) is 0 Å². The topological polar surface area (TPSA) is 93.5 Å². The van der Waals surface area contributed by atoms with Crippen LogP contribution < -0.4 is 5.32 Å². The summed E-state index contributed by atoms with van der Waals surface area (Å²) in [6, 6.07) is 0.00653. The van der Waals surface area contributed by atoms with Gasteiger partial charge >= 0.3 is 0 Å². The lowest BCUT2D eigenvalue weighted by Crippen LogP contribution is -2.48. The van der Waals surface area contributed by atoms with Crippen LogP contribution in [0.2, 0.25) is 0 Å². The fourth-order valence-electron chi connectivity index (χ4n) is 3.00. The van der Waals surface area contributed by atoms with Gasteiger partial charge in [0.2, 0.25) is 15.9 Å². The molecule has 0 saturated carbocycles. The van der Waals surface area contributed by atoms with E-state index in [1.165, 1.54) is 21.4 Å². The van der Waals surface area contributed by atoms with E-state index in [1.807, 2.05) is 0 Å². The van der Waals surface area contributed by atoms with Gasteiger partial charge in [0.1, 0.15) is 11.0 Å². The van der Waals surface area contributed by atoms with Crippen LogP contribution in [0.5, 0.6) is 0 Å². The van der Waals surface area contributed by atoms with Gasteiger partial charge in [-0.15, -0.1) is 0 Å². The Morgan fingerprint density at radius 2 is 2.09 bits per heavy atom. The molecule has 2 fully saturated rings. The van der Waals surface area contributed by atoms with Crippen molar-refractivity contribution >= 4 is 15.9 Å². The summed E-state index contributed by atoms with van der Waals surface area (Å²) in [5.41, 5.74) is 0. The van der Waals surface area contributed by atoms with Gasteiger partial charge in [-0.25, -0.2) is 8.42 Å². The number of sulfonamides is 1. The average Bonchev–Trinajstić information content (AvgIpc) is 3.19. The molecule has 1 N–H and O–H groups in total. The van der Waals surface area contributed by atoms with Crippen molar-refractivity contribution in [3.8, 4) is 0 Å². The minimum absolute atomic E-state index is 0.00653. The number of piperidine rings is 1. The average molecular weight is 342 g/mol. The summed E-state index contributed by atoms with van der Waals surface area (Å²) < 4.78 is 33.3. The van der Waals surface area contributed by atoms with Gasteiger partial charge in [-0.2, -0.15) is 9.40 Å². The Kier molecular flexibility index (Phi) is 4.69. The maximum absolute atomic E-state index is 12.5. The molecule has 23 heavy (non-hydrogen) atoms. The number of ether oxygens (including phenoxy) is 1. The molecule has 1 aromatic rings. The van der Waals surface area contributed by atoms with E-state index in [-0.39, 0.29) is 22.9 Å². The number of nitrogens with zero attached hydrogens (tertiary/aromatic N) is 3. The number of hydrogen-bond donors (Lipinski definition) is 1. The Bertz CT molecular complexity index is 658. The highest BCUT2D eigenvalue weighted by Gasteiger charge is 2.32. The summed E-state index contributed by atoms with van der Waals surface area (Å²) >= 11 is 0. The Hall–Kier alpha value is -1.45. The van der Waals surface area contributed by atoms with Crippen molar-refractivity contribution in [1.82, 2.24) is 19.4 Å². The zero-order valence-corrected chi connectivity index (χ0v) is 14.0. The highest BCUT2D eigenvalue weighted by molar-refractivity contribution is 7.89. The van der Waals surface area contributed by atoms with E-state index in [1.54, 1.807) is 7.05 Å². The van der Waals surface area contributed by atoms with Gasteiger partial charge < -0.3 is 10.1 Å². The van der Waals surface area contributed by atoms with Crippen LogP contribution in [0, 0.1) is 0 Å². The number of carbonyl (C=O) groups excluding carboxylic acids is 1. The first kappa shape index (κ1) is 16.4. The Labute approximate surface area is 135 Å². The highest BCUT2D eigenvalue weighted by Crippen LogP contribution is 2.21. The van der Waals surface area contributed by atoms with Gasteiger partial charge in [0.25, 0.3) is 0 Å². The third kappa shape index (κ3) is 3.56. The van der Waals surface area contributed by atoms with Crippen molar-refractivity contribution in [2.45, 2.75) is 42.7 Å². The van der Waals surface area contributed by atoms with Crippen LogP contribution >= 0.6 is 0 Å². The molecule has 8 nitrogen and oxygen atoms in total. The van der Waals surface area contributed by atoms with Gasteiger partial charge in [-0.1, -0.05) is 0 Å². The number of aromatic nitrogens is 2. The van der Waals surface area contributed by atoms with Gasteiger partial charge in [0.15, 0.2) is 0 Å². The number of aryl methyl sites for hydroxylation is 1. The second kappa shape index (κ2) is 6.58. The smallest absolute Gasteiger partial charge is 0.249 e. The number of hydrogen-bond acceptors (Lipinski definition) is 5. The highest BCUT2D eigenvalue weighted by atomic mass is 32.2. The van der Waals surface area contributed by atoms with Crippen molar-refractivity contribution in [3.05, 3.63) is 12.4 Å². The summed E-state index contributed by atoms with van der Waals surface area (Å²) in [5, 5.41) is 6.89. The number of amides is 1. The van der Waals surface area contributed by atoms with Gasteiger partial charge in [0.05, 0.1) is 6.20 Å². The van der Waals surface area contributed by atoms with E-state index in [9.17, 15) is 13.2 Å². The molecule has 9 heteroatoms. The number of rotatable bonds is 4. The Balaban J connectivity index is 1.55. The lowest BCUT2D eigenvalue weighted by atomic mass is 10.1. The monoisotopic (exact) mass is 342 g/mol. The molecule has 1 amide bonds. The maximum Gasteiger partial charge on any atom is 0.249 e. The summed E-state index contributed by atoms with van der Waals surface area (Å²) in [6.45, 7) is 1.43. The molecule has 1 atom stereocenters. The van der Waals surface area contributed by atoms with Crippen LogP contribution in [-0.4, -0.2) is 60.3 Å². The van der Waals surface area contributed by atoms with Crippen molar-refractivity contribution < 1.29 is 17.9 Å². The first-order chi connectivity index (χ1) is 11.0. The fourth-order valence-corrected chi connectivity index (χ4v) is 4.46. The lowest BCUT2D eigenvalue weighted by molar-refractivity contribution is -0.131. The molecule has 0 aromatic carbocycles. The van der Waals surface area contributed by atoms with Crippen molar-refractivity contribution in [2.24, 2.45) is 7.05 Å². The first-order valence-corrected chi connectivity index (χ1v) is 9.31. The van der Waals surface area contributed by atoms with Crippen molar-refractivity contribution in [2.75, 3.05) is 19.7 Å². The number of nitrogens with one attached hydrogen (secondary N) is 1. The molecule has 2 aliphatic heterocycles. The molecule has 3 heterocycles. The van der Waals surface area contributed by atoms with Gasteiger partial charge in [-0.05, 0) is 25.7 Å². The minimum atomic E-state index is -3.50. The van der Waals surface area contributed by atoms with E-state index in [4.69, 9.17) is 4.74 Å². The van der Waals surface area contributed by atoms with E-state index in [0.717, 1.165) is 12.8 Å². The summed E-state index contributed by atoms with van der Waals surface area (Å²) in [4.78, 5) is 12.2. The van der Waals surface area contributed by atoms with Crippen LogP contribution in [-0.2, 0) is 26.6 Å². The molecule has 2 saturated heterocycles. The summed E-state index contributed by atoms with van der Waals surface area (Å²) in [7, 11) is -1.81. The Morgan fingerprint density at radius 1 is 1.35 bits per heavy atom. The lowest BCUT2D eigenvalue weighted by Gasteiger charge is -2.31. The predicted octanol–water partition coefficient (Wildman–Crippen LogP) is -0.132. The summed E-state index contributed by atoms with van der Waals surface area (Å²) in [6.07, 6.45) is 5.42. The first-order valence-electron chi connectivity index (χ1n) is 7.87. The predicted molar refractivity (Wildman–Crippen MR) is 82.1 cm³/mol. The molecule has 3 rings (SSSR count). The minimum Gasteiger partial charge on any atom is -0.368 e. The zero-order valence-electron chi connectivity index (χ0n) is 13.1. The van der Waals surface area contributed by atoms with Crippen molar-refractivity contribution in [1.29, 1.82) is 0 Å². The fraction of sp³-hybridized carbons (Fsp3) is 0.714. The molecule has 2 aliphatic rings. The molecule has 0 spiro atoms. The maximum atomic E-state index is 12.5. The van der Waals surface area contributed by atoms with Crippen LogP contribution in [0.4, 0.5) is 0 Å². The molecule has 0 radical (unpaired) electrons.